The fourth-order valence-electron chi connectivity index (χ4n) is 3.47. The van der Waals surface area contributed by atoms with Crippen molar-refractivity contribution in [1.82, 2.24) is 0 Å². The van der Waals surface area contributed by atoms with E-state index in [1.807, 2.05) is 62.4 Å². The van der Waals surface area contributed by atoms with Gasteiger partial charge in [0.2, 0.25) is 0 Å². The van der Waals surface area contributed by atoms with Gasteiger partial charge in [0.25, 0.3) is 5.91 Å². The fourth-order valence-corrected chi connectivity index (χ4v) is 3.47. The second kappa shape index (κ2) is 6.69. The molecule has 2 aromatic carbocycles. The maximum atomic E-state index is 13.2. The standard InChI is InChI=1S/C23H25NO3/c1-14-9-8-11-16(13-14)24-19(17-12-7-6-10-15(17)2)18(20(25)22(24)27)21(26)23(3,4)5/h6-13,19,25H,1-5H3. The monoisotopic (exact) mass is 363 g/mol. The lowest BCUT2D eigenvalue weighted by molar-refractivity contribution is -0.123. The van der Waals surface area contributed by atoms with Crippen molar-refractivity contribution < 1.29 is 14.7 Å². The van der Waals surface area contributed by atoms with Crippen molar-refractivity contribution in [3.63, 3.8) is 0 Å². The van der Waals surface area contributed by atoms with Crippen LogP contribution in [0, 0.1) is 19.3 Å². The van der Waals surface area contributed by atoms with Gasteiger partial charge in [-0.1, -0.05) is 57.2 Å². The summed E-state index contributed by atoms with van der Waals surface area (Å²) in [6.45, 7) is 9.28. The molecule has 0 bridgehead atoms. The average molecular weight is 363 g/mol. The minimum Gasteiger partial charge on any atom is -0.503 e. The fraction of sp³-hybridized carbons (Fsp3) is 0.304. The number of Topliss-reactive ketones (excluding diaryl/α,β-unsaturated/α-hetero) is 1. The summed E-state index contributed by atoms with van der Waals surface area (Å²) < 4.78 is 0. The van der Waals surface area contributed by atoms with E-state index >= 15 is 0 Å². The topological polar surface area (TPSA) is 57.6 Å². The molecule has 0 radical (unpaired) electrons. The summed E-state index contributed by atoms with van der Waals surface area (Å²) in [7, 11) is 0. The van der Waals surface area contributed by atoms with E-state index in [-0.39, 0.29) is 11.4 Å². The van der Waals surface area contributed by atoms with Gasteiger partial charge in [0.1, 0.15) is 0 Å². The van der Waals surface area contributed by atoms with E-state index < -0.39 is 23.1 Å². The first-order valence-corrected chi connectivity index (χ1v) is 9.06. The molecule has 4 heteroatoms. The Balaban J connectivity index is 2.25. The van der Waals surface area contributed by atoms with Crippen LogP contribution in [0.15, 0.2) is 59.9 Å². The van der Waals surface area contributed by atoms with Crippen molar-refractivity contribution >= 4 is 17.4 Å². The molecule has 1 amide bonds. The summed E-state index contributed by atoms with van der Waals surface area (Å²) in [5.41, 5.74) is 2.91. The second-order valence-corrected chi connectivity index (χ2v) is 8.11. The summed E-state index contributed by atoms with van der Waals surface area (Å²) in [4.78, 5) is 27.7. The van der Waals surface area contributed by atoms with Crippen molar-refractivity contribution in [1.29, 1.82) is 0 Å². The van der Waals surface area contributed by atoms with Gasteiger partial charge in [-0.15, -0.1) is 0 Å². The third-order valence-electron chi connectivity index (χ3n) is 4.90. The van der Waals surface area contributed by atoms with Crippen molar-refractivity contribution in [3.8, 4) is 0 Å². The zero-order valence-corrected chi connectivity index (χ0v) is 16.4. The smallest absolute Gasteiger partial charge is 0.294 e. The summed E-state index contributed by atoms with van der Waals surface area (Å²) in [5.74, 6) is -1.22. The third kappa shape index (κ3) is 3.27. The van der Waals surface area contributed by atoms with Crippen LogP contribution >= 0.6 is 0 Å². The zero-order chi connectivity index (χ0) is 19.9. The molecule has 1 atom stereocenters. The van der Waals surface area contributed by atoms with Crippen molar-refractivity contribution in [3.05, 3.63) is 76.6 Å². The molecular formula is C23H25NO3. The molecule has 0 aromatic heterocycles. The van der Waals surface area contributed by atoms with Gasteiger partial charge in [0.15, 0.2) is 11.5 Å². The number of anilines is 1. The Morgan fingerprint density at radius 3 is 2.30 bits per heavy atom. The maximum absolute atomic E-state index is 13.2. The number of aliphatic hydroxyl groups is 1. The molecule has 1 aliphatic rings. The lowest BCUT2D eigenvalue weighted by Crippen LogP contribution is -2.33. The number of hydrogen-bond donors (Lipinski definition) is 1. The maximum Gasteiger partial charge on any atom is 0.294 e. The molecule has 2 aromatic rings. The number of aryl methyl sites for hydroxylation is 2. The van der Waals surface area contributed by atoms with E-state index in [1.54, 1.807) is 20.8 Å². The van der Waals surface area contributed by atoms with Gasteiger partial charge in [0.05, 0.1) is 11.6 Å². The third-order valence-corrected chi connectivity index (χ3v) is 4.90. The predicted molar refractivity (Wildman–Crippen MR) is 107 cm³/mol. The highest BCUT2D eigenvalue weighted by Gasteiger charge is 2.47. The zero-order valence-electron chi connectivity index (χ0n) is 16.4. The van der Waals surface area contributed by atoms with Crippen LogP contribution in [0.2, 0.25) is 0 Å². The molecule has 0 aliphatic carbocycles. The SMILES string of the molecule is Cc1cccc(N2C(=O)C(O)=C(C(=O)C(C)(C)C)C2c2ccccc2C)c1. The van der Waals surface area contributed by atoms with Gasteiger partial charge < -0.3 is 5.11 Å². The van der Waals surface area contributed by atoms with Gasteiger partial charge in [0, 0.05) is 11.1 Å². The molecule has 0 saturated carbocycles. The van der Waals surface area contributed by atoms with Crippen LogP contribution in [0.4, 0.5) is 5.69 Å². The molecule has 27 heavy (non-hydrogen) atoms. The molecular weight excluding hydrogens is 338 g/mol. The van der Waals surface area contributed by atoms with Crippen LogP contribution in [0.25, 0.3) is 0 Å². The Kier molecular flexibility index (Phi) is 4.68. The molecule has 1 unspecified atom stereocenters. The van der Waals surface area contributed by atoms with Crippen LogP contribution in [0.1, 0.15) is 43.5 Å². The molecule has 3 rings (SSSR count). The minimum absolute atomic E-state index is 0.170. The summed E-state index contributed by atoms with van der Waals surface area (Å²) in [5, 5.41) is 10.7. The number of carbonyl (C=O) groups excluding carboxylic acids is 2. The van der Waals surface area contributed by atoms with Crippen molar-refractivity contribution in [2.45, 2.75) is 40.7 Å². The first kappa shape index (κ1) is 18.9. The van der Waals surface area contributed by atoms with Crippen LogP contribution in [-0.4, -0.2) is 16.8 Å². The Morgan fingerprint density at radius 2 is 1.70 bits per heavy atom. The van der Waals surface area contributed by atoms with E-state index in [0.717, 1.165) is 16.7 Å². The number of aliphatic hydroxyl groups excluding tert-OH is 1. The Hall–Kier alpha value is -2.88. The average Bonchev–Trinajstić information content (AvgIpc) is 2.85. The van der Waals surface area contributed by atoms with Crippen LogP contribution in [0.3, 0.4) is 0 Å². The number of rotatable bonds is 3. The van der Waals surface area contributed by atoms with Crippen molar-refractivity contribution in [2.24, 2.45) is 5.41 Å². The van der Waals surface area contributed by atoms with E-state index in [1.165, 1.54) is 4.90 Å². The molecule has 0 spiro atoms. The Morgan fingerprint density at radius 1 is 1.04 bits per heavy atom. The van der Waals surface area contributed by atoms with Crippen molar-refractivity contribution in [2.75, 3.05) is 4.90 Å². The number of carbonyl (C=O) groups is 2. The normalized spacial score (nSPS) is 17.6. The van der Waals surface area contributed by atoms with Gasteiger partial charge in [-0.3, -0.25) is 14.5 Å². The molecule has 1 aliphatic heterocycles. The first-order valence-electron chi connectivity index (χ1n) is 9.06. The van der Waals surface area contributed by atoms with Gasteiger partial charge >= 0.3 is 0 Å². The van der Waals surface area contributed by atoms with Gasteiger partial charge in [-0.25, -0.2) is 0 Å². The molecule has 0 fully saturated rings. The molecule has 0 saturated heterocycles. The van der Waals surface area contributed by atoms with E-state index in [0.29, 0.717) is 5.69 Å². The molecule has 1 N–H and O–H groups in total. The second-order valence-electron chi connectivity index (χ2n) is 8.11. The van der Waals surface area contributed by atoms with E-state index in [9.17, 15) is 14.7 Å². The molecule has 4 nitrogen and oxygen atoms in total. The van der Waals surface area contributed by atoms with Crippen LogP contribution in [0.5, 0.6) is 0 Å². The summed E-state index contributed by atoms with van der Waals surface area (Å²) in [6, 6.07) is 14.5. The number of amides is 1. The predicted octanol–water partition coefficient (Wildman–Crippen LogP) is 4.82. The highest BCUT2D eigenvalue weighted by molar-refractivity contribution is 6.17. The summed E-state index contributed by atoms with van der Waals surface area (Å²) in [6.07, 6.45) is 0. The first-order chi connectivity index (χ1) is 12.6. The van der Waals surface area contributed by atoms with Crippen LogP contribution < -0.4 is 4.90 Å². The Labute approximate surface area is 160 Å². The molecule has 1 heterocycles. The minimum atomic E-state index is -0.715. The highest BCUT2D eigenvalue weighted by atomic mass is 16.3. The summed E-state index contributed by atoms with van der Waals surface area (Å²) >= 11 is 0. The number of benzene rings is 2. The largest absolute Gasteiger partial charge is 0.503 e. The Bertz CT molecular complexity index is 950. The van der Waals surface area contributed by atoms with Gasteiger partial charge in [-0.05, 0) is 42.7 Å². The number of nitrogens with zero attached hydrogens (tertiary/aromatic N) is 1. The van der Waals surface area contributed by atoms with Crippen LogP contribution in [-0.2, 0) is 9.59 Å². The number of ketones is 1. The quantitative estimate of drug-likeness (QED) is 0.851. The number of hydrogen-bond acceptors (Lipinski definition) is 3. The lowest BCUT2D eigenvalue weighted by atomic mass is 9.81. The highest BCUT2D eigenvalue weighted by Crippen LogP contribution is 2.44. The van der Waals surface area contributed by atoms with E-state index in [2.05, 4.69) is 0 Å². The molecule has 140 valence electrons. The van der Waals surface area contributed by atoms with E-state index in [4.69, 9.17) is 0 Å². The lowest BCUT2D eigenvalue weighted by Gasteiger charge is -2.30. The van der Waals surface area contributed by atoms with Gasteiger partial charge in [-0.2, -0.15) is 0 Å².